The lowest BCUT2D eigenvalue weighted by Crippen LogP contribution is -2.13. The molecule has 1 aromatic rings. The minimum Gasteiger partial charge on any atom is -0.508 e. The van der Waals surface area contributed by atoms with Crippen molar-refractivity contribution in [3.05, 3.63) is 29.3 Å². The van der Waals surface area contributed by atoms with Crippen LogP contribution in [0.15, 0.2) is 18.2 Å². The SMILES string of the molecule is CC(C)CC(O)CC(C)c1ccc(C=O)cc1O. The third kappa shape index (κ3) is 4.15. The summed E-state index contributed by atoms with van der Waals surface area (Å²) in [6, 6.07) is 4.91. The van der Waals surface area contributed by atoms with E-state index < -0.39 is 0 Å². The van der Waals surface area contributed by atoms with Crippen molar-refractivity contribution in [2.24, 2.45) is 5.92 Å². The van der Waals surface area contributed by atoms with Crippen molar-refractivity contribution < 1.29 is 15.0 Å². The first-order valence-electron chi connectivity index (χ1n) is 6.40. The van der Waals surface area contributed by atoms with Gasteiger partial charge in [0.25, 0.3) is 0 Å². The van der Waals surface area contributed by atoms with Crippen LogP contribution in [0.25, 0.3) is 0 Å². The van der Waals surface area contributed by atoms with E-state index in [0.717, 1.165) is 12.0 Å². The maximum Gasteiger partial charge on any atom is 0.150 e. The van der Waals surface area contributed by atoms with Crippen LogP contribution in [0.1, 0.15) is 55.5 Å². The zero-order chi connectivity index (χ0) is 13.7. The Labute approximate surface area is 108 Å². The number of aromatic hydroxyl groups is 1. The van der Waals surface area contributed by atoms with Crippen molar-refractivity contribution in [3.63, 3.8) is 0 Å². The van der Waals surface area contributed by atoms with Gasteiger partial charge in [0.05, 0.1) is 6.10 Å². The second kappa shape index (κ2) is 6.55. The van der Waals surface area contributed by atoms with Crippen LogP contribution in [-0.4, -0.2) is 22.6 Å². The van der Waals surface area contributed by atoms with Gasteiger partial charge in [-0.05, 0) is 36.3 Å². The summed E-state index contributed by atoms with van der Waals surface area (Å²) < 4.78 is 0. The van der Waals surface area contributed by atoms with E-state index in [-0.39, 0.29) is 17.8 Å². The summed E-state index contributed by atoms with van der Waals surface area (Å²) in [4.78, 5) is 10.6. The Morgan fingerprint density at radius 3 is 2.39 bits per heavy atom. The highest BCUT2D eigenvalue weighted by atomic mass is 16.3. The van der Waals surface area contributed by atoms with Crippen LogP contribution in [0.2, 0.25) is 0 Å². The molecule has 0 amide bonds. The van der Waals surface area contributed by atoms with Crippen molar-refractivity contribution in [3.8, 4) is 5.75 Å². The van der Waals surface area contributed by atoms with Gasteiger partial charge in [0, 0.05) is 5.56 Å². The lowest BCUT2D eigenvalue weighted by Gasteiger charge is -2.19. The molecule has 3 nitrogen and oxygen atoms in total. The number of aliphatic hydroxyl groups excluding tert-OH is 1. The Bertz CT molecular complexity index is 399. The Balaban J connectivity index is 2.72. The Hall–Kier alpha value is -1.35. The highest BCUT2D eigenvalue weighted by molar-refractivity contribution is 5.75. The van der Waals surface area contributed by atoms with E-state index in [0.29, 0.717) is 24.2 Å². The van der Waals surface area contributed by atoms with Crippen LogP contribution in [0, 0.1) is 5.92 Å². The van der Waals surface area contributed by atoms with E-state index in [4.69, 9.17) is 0 Å². The van der Waals surface area contributed by atoms with Gasteiger partial charge in [0.1, 0.15) is 12.0 Å². The minimum absolute atomic E-state index is 0.0689. The molecule has 0 saturated carbocycles. The molecule has 0 saturated heterocycles. The van der Waals surface area contributed by atoms with Gasteiger partial charge in [0.15, 0.2) is 0 Å². The summed E-state index contributed by atoms with van der Waals surface area (Å²) in [6.07, 6.45) is 1.73. The normalized spacial score (nSPS) is 14.5. The van der Waals surface area contributed by atoms with Gasteiger partial charge in [-0.25, -0.2) is 0 Å². The third-order valence-electron chi connectivity index (χ3n) is 3.09. The molecule has 0 aliphatic carbocycles. The highest BCUT2D eigenvalue weighted by Gasteiger charge is 2.16. The van der Waals surface area contributed by atoms with Gasteiger partial charge in [0.2, 0.25) is 0 Å². The zero-order valence-electron chi connectivity index (χ0n) is 11.3. The molecule has 1 aromatic carbocycles. The maximum atomic E-state index is 10.6. The molecule has 0 heterocycles. The van der Waals surface area contributed by atoms with Crippen molar-refractivity contribution in [2.45, 2.75) is 45.6 Å². The average Bonchev–Trinajstić information content (AvgIpc) is 2.27. The Morgan fingerprint density at radius 1 is 1.22 bits per heavy atom. The maximum absolute atomic E-state index is 10.6. The molecule has 2 atom stereocenters. The molecule has 0 fully saturated rings. The Kier molecular flexibility index (Phi) is 5.35. The molecule has 3 heteroatoms. The van der Waals surface area contributed by atoms with Crippen LogP contribution >= 0.6 is 0 Å². The standard InChI is InChI=1S/C15H22O3/c1-10(2)6-13(17)7-11(3)14-5-4-12(9-16)8-15(14)18/h4-5,8-11,13,17-18H,6-7H2,1-3H3. The first-order valence-corrected chi connectivity index (χ1v) is 6.40. The number of aldehydes is 1. The summed E-state index contributed by atoms with van der Waals surface area (Å²) in [5.74, 6) is 0.654. The summed E-state index contributed by atoms with van der Waals surface area (Å²) >= 11 is 0. The topological polar surface area (TPSA) is 57.5 Å². The monoisotopic (exact) mass is 250 g/mol. The molecule has 18 heavy (non-hydrogen) atoms. The van der Waals surface area contributed by atoms with Crippen molar-refractivity contribution >= 4 is 6.29 Å². The van der Waals surface area contributed by atoms with Gasteiger partial charge < -0.3 is 10.2 Å². The van der Waals surface area contributed by atoms with Crippen LogP contribution < -0.4 is 0 Å². The van der Waals surface area contributed by atoms with E-state index in [1.807, 2.05) is 6.92 Å². The molecule has 1 rings (SSSR count). The number of hydrogen-bond donors (Lipinski definition) is 2. The minimum atomic E-state index is -0.356. The van der Waals surface area contributed by atoms with E-state index in [1.165, 1.54) is 6.07 Å². The van der Waals surface area contributed by atoms with Crippen LogP contribution in [-0.2, 0) is 0 Å². The molecule has 0 aromatic heterocycles. The highest BCUT2D eigenvalue weighted by Crippen LogP contribution is 2.30. The van der Waals surface area contributed by atoms with E-state index in [1.54, 1.807) is 12.1 Å². The number of benzene rings is 1. The molecule has 2 N–H and O–H groups in total. The number of carbonyl (C=O) groups is 1. The molecular formula is C15H22O3. The Morgan fingerprint density at radius 2 is 1.89 bits per heavy atom. The molecule has 0 radical (unpaired) electrons. The summed E-state index contributed by atoms with van der Waals surface area (Å²) in [7, 11) is 0. The fourth-order valence-corrected chi connectivity index (χ4v) is 2.23. The predicted molar refractivity (Wildman–Crippen MR) is 72.0 cm³/mol. The van der Waals surface area contributed by atoms with Crippen molar-refractivity contribution in [1.29, 1.82) is 0 Å². The number of phenols is 1. The second-order valence-corrected chi connectivity index (χ2v) is 5.36. The van der Waals surface area contributed by atoms with Gasteiger partial charge in [-0.15, -0.1) is 0 Å². The number of carbonyl (C=O) groups excluding carboxylic acids is 1. The van der Waals surface area contributed by atoms with Crippen molar-refractivity contribution in [2.75, 3.05) is 0 Å². The molecule has 2 unspecified atom stereocenters. The first kappa shape index (κ1) is 14.7. The predicted octanol–water partition coefficient (Wildman–Crippen LogP) is 3.11. The lowest BCUT2D eigenvalue weighted by molar-refractivity contribution is 0.112. The lowest BCUT2D eigenvalue weighted by atomic mass is 9.90. The molecule has 100 valence electrons. The smallest absolute Gasteiger partial charge is 0.150 e. The average molecular weight is 250 g/mol. The second-order valence-electron chi connectivity index (χ2n) is 5.36. The molecule has 0 aliphatic heterocycles. The fraction of sp³-hybridized carbons (Fsp3) is 0.533. The number of hydrogen-bond acceptors (Lipinski definition) is 3. The molecular weight excluding hydrogens is 228 g/mol. The molecule has 0 aliphatic rings. The van der Waals surface area contributed by atoms with Crippen LogP contribution in [0.5, 0.6) is 5.75 Å². The fourth-order valence-electron chi connectivity index (χ4n) is 2.23. The van der Waals surface area contributed by atoms with Crippen molar-refractivity contribution in [1.82, 2.24) is 0 Å². The number of rotatable bonds is 6. The quantitative estimate of drug-likeness (QED) is 0.763. The summed E-state index contributed by atoms with van der Waals surface area (Å²) in [5.41, 5.74) is 1.24. The number of phenolic OH excluding ortho intramolecular Hbond substituents is 1. The zero-order valence-corrected chi connectivity index (χ0v) is 11.3. The molecule has 0 bridgehead atoms. The van der Waals surface area contributed by atoms with E-state index in [2.05, 4.69) is 13.8 Å². The number of aliphatic hydroxyl groups is 1. The summed E-state index contributed by atoms with van der Waals surface area (Å²) in [5, 5.41) is 19.8. The van der Waals surface area contributed by atoms with E-state index >= 15 is 0 Å². The molecule has 0 spiro atoms. The largest absolute Gasteiger partial charge is 0.508 e. The van der Waals surface area contributed by atoms with Crippen LogP contribution in [0.4, 0.5) is 0 Å². The summed E-state index contributed by atoms with van der Waals surface area (Å²) in [6.45, 7) is 6.12. The van der Waals surface area contributed by atoms with Gasteiger partial charge >= 0.3 is 0 Å². The van der Waals surface area contributed by atoms with E-state index in [9.17, 15) is 15.0 Å². The van der Waals surface area contributed by atoms with Gasteiger partial charge in [-0.2, -0.15) is 0 Å². The van der Waals surface area contributed by atoms with Gasteiger partial charge in [-0.1, -0.05) is 32.9 Å². The third-order valence-corrected chi connectivity index (χ3v) is 3.09. The first-order chi connectivity index (χ1) is 8.43. The van der Waals surface area contributed by atoms with Crippen LogP contribution in [0.3, 0.4) is 0 Å². The van der Waals surface area contributed by atoms with Gasteiger partial charge in [-0.3, -0.25) is 4.79 Å².